The smallest absolute Gasteiger partial charge is 0.274 e. The molecule has 0 spiro atoms. The maximum atomic E-state index is 12.2. The number of carbonyl (C=O) groups excluding carboxylic acids is 1. The first-order valence-electron chi connectivity index (χ1n) is 7.05. The van der Waals surface area contributed by atoms with Crippen molar-refractivity contribution in [1.82, 2.24) is 34.4 Å². The van der Waals surface area contributed by atoms with Crippen LogP contribution in [-0.4, -0.2) is 53.9 Å². The minimum atomic E-state index is -0.0480. The van der Waals surface area contributed by atoms with Crippen LogP contribution >= 0.6 is 0 Å². The molecule has 1 aliphatic rings. The Hall–Kier alpha value is -2.77. The van der Waals surface area contributed by atoms with E-state index in [1.54, 1.807) is 27.5 Å². The lowest BCUT2D eigenvalue weighted by Crippen LogP contribution is -2.33. The second-order valence-corrected chi connectivity index (χ2v) is 5.52. The first-order chi connectivity index (χ1) is 10.5. The Kier molecular flexibility index (Phi) is 2.56. The number of nitrogens with zero attached hydrogens (tertiary/aromatic N) is 7. The van der Waals surface area contributed by atoms with E-state index in [0.717, 1.165) is 23.0 Å². The second kappa shape index (κ2) is 4.36. The number of carbonyl (C=O) groups is 1. The van der Waals surface area contributed by atoms with Gasteiger partial charge in [0.25, 0.3) is 5.91 Å². The van der Waals surface area contributed by atoms with E-state index in [-0.39, 0.29) is 5.91 Å². The van der Waals surface area contributed by atoms with Crippen molar-refractivity contribution in [3.63, 3.8) is 0 Å². The van der Waals surface area contributed by atoms with Crippen molar-refractivity contribution in [3.05, 3.63) is 29.5 Å². The molecule has 0 N–H and O–H groups in total. The van der Waals surface area contributed by atoms with E-state index in [0.29, 0.717) is 23.9 Å². The molecule has 8 heteroatoms. The second-order valence-electron chi connectivity index (χ2n) is 5.52. The lowest BCUT2D eigenvalue weighted by Gasteiger charge is -2.20. The maximum Gasteiger partial charge on any atom is 0.274 e. The molecule has 0 radical (unpaired) electrons. The molecule has 0 aliphatic carbocycles. The van der Waals surface area contributed by atoms with Crippen LogP contribution in [0.1, 0.15) is 21.9 Å². The van der Waals surface area contributed by atoms with Crippen molar-refractivity contribution < 1.29 is 4.79 Å². The van der Waals surface area contributed by atoms with Crippen molar-refractivity contribution in [2.45, 2.75) is 13.3 Å². The zero-order valence-corrected chi connectivity index (χ0v) is 12.6. The van der Waals surface area contributed by atoms with Crippen LogP contribution < -0.4 is 0 Å². The molecule has 0 aromatic carbocycles. The summed E-state index contributed by atoms with van der Waals surface area (Å²) in [5, 5.41) is 9.49. The molecule has 3 aromatic heterocycles. The molecular formula is C14H15N7O. The van der Waals surface area contributed by atoms with E-state index in [1.165, 1.54) is 0 Å². The Morgan fingerprint density at radius 3 is 2.86 bits per heavy atom. The summed E-state index contributed by atoms with van der Waals surface area (Å²) in [6.45, 7) is 2.54. The fraction of sp³-hybridized carbons (Fsp3) is 0.357. The normalized spacial score (nSPS) is 14.7. The molecule has 0 atom stereocenters. The summed E-state index contributed by atoms with van der Waals surface area (Å²) in [4.78, 5) is 22.8. The molecule has 0 unspecified atom stereocenters. The van der Waals surface area contributed by atoms with Crippen LogP contribution in [0.3, 0.4) is 0 Å². The van der Waals surface area contributed by atoms with E-state index >= 15 is 0 Å². The fourth-order valence-electron chi connectivity index (χ4n) is 2.74. The topological polar surface area (TPSA) is 81.7 Å². The van der Waals surface area contributed by atoms with Gasteiger partial charge in [-0.25, -0.2) is 14.6 Å². The van der Waals surface area contributed by atoms with Gasteiger partial charge in [-0.05, 0) is 13.3 Å². The van der Waals surface area contributed by atoms with Gasteiger partial charge in [0.05, 0.1) is 11.6 Å². The van der Waals surface area contributed by atoms with Crippen LogP contribution in [0.2, 0.25) is 0 Å². The number of aromatic nitrogens is 6. The molecule has 1 amide bonds. The van der Waals surface area contributed by atoms with Crippen LogP contribution in [0, 0.1) is 6.92 Å². The van der Waals surface area contributed by atoms with Crippen molar-refractivity contribution >= 4 is 16.9 Å². The predicted molar refractivity (Wildman–Crippen MR) is 78.8 cm³/mol. The van der Waals surface area contributed by atoms with E-state index in [9.17, 15) is 4.79 Å². The number of amides is 1. The first kappa shape index (κ1) is 12.9. The van der Waals surface area contributed by atoms with Gasteiger partial charge in [-0.15, -0.1) is 0 Å². The van der Waals surface area contributed by atoms with Gasteiger partial charge in [0.2, 0.25) is 0 Å². The van der Waals surface area contributed by atoms with E-state index in [2.05, 4.69) is 20.2 Å². The van der Waals surface area contributed by atoms with Crippen molar-refractivity contribution in [3.8, 4) is 5.82 Å². The summed E-state index contributed by atoms with van der Waals surface area (Å²) in [5.41, 5.74) is 2.21. The van der Waals surface area contributed by atoms with Crippen molar-refractivity contribution in [2.24, 2.45) is 7.05 Å². The quantitative estimate of drug-likeness (QED) is 0.653. The highest BCUT2D eigenvalue weighted by Crippen LogP contribution is 2.22. The number of rotatable bonds is 1. The van der Waals surface area contributed by atoms with Crippen molar-refractivity contribution in [2.75, 3.05) is 13.6 Å². The number of likely N-dealkylation sites (N-methyl/N-ethyl adjacent to an activating group) is 1. The number of hydrogen-bond donors (Lipinski definition) is 0. The lowest BCUT2D eigenvalue weighted by molar-refractivity contribution is 0.0775. The van der Waals surface area contributed by atoms with Gasteiger partial charge in [-0.1, -0.05) is 0 Å². The van der Waals surface area contributed by atoms with Crippen LogP contribution in [-0.2, 0) is 13.5 Å². The molecule has 0 bridgehead atoms. The van der Waals surface area contributed by atoms with Gasteiger partial charge in [0.15, 0.2) is 17.2 Å². The van der Waals surface area contributed by atoms with E-state index < -0.39 is 0 Å². The zero-order chi connectivity index (χ0) is 15.4. The highest BCUT2D eigenvalue weighted by molar-refractivity contribution is 5.94. The van der Waals surface area contributed by atoms with Crippen LogP contribution in [0.15, 0.2) is 12.4 Å². The van der Waals surface area contributed by atoms with Gasteiger partial charge in [-0.3, -0.25) is 9.48 Å². The fourth-order valence-corrected chi connectivity index (χ4v) is 2.74. The van der Waals surface area contributed by atoms with Gasteiger partial charge < -0.3 is 4.90 Å². The van der Waals surface area contributed by atoms with Crippen LogP contribution in [0.5, 0.6) is 0 Å². The average molecular weight is 297 g/mol. The summed E-state index contributed by atoms with van der Waals surface area (Å²) in [5.74, 6) is 1.25. The maximum absolute atomic E-state index is 12.2. The zero-order valence-electron chi connectivity index (χ0n) is 12.6. The molecule has 4 heterocycles. The Morgan fingerprint density at radius 2 is 2.05 bits per heavy atom. The first-order valence-corrected chi connectivity index (χ1v) is 7.05. The molecule has 0 saturated carbocycles. The molecule has 8 nitrogen and oxygen atoms in total. The number of fused-ring (bicyclic) bond motifs is 2. The Balaban J connectivity index is 1.93. The van der Waals surface area contributed by atoms with Crippen molar-refractivity contribution in [1.29, 1.82) is 0 Å². The SMILES string of the molecule is Cc1nc(-n2cc3c(n2)C(=O)N(C)CC3)c2cnn(C)c2n1. The third kappa shape index (κ3) is 1.73. The highest BCUT2D eigenvalue weighted by atomic mass is 16.2. The molecule has 4 rings (SSSR count). The van der Waals surface area contributed by atoms with E-state index in [4.69, 9.17) is 0 Å². The molecule has 0 saturated heterocycles. The Labute approximate surface area is 126 Å². The summed E-state index contributed by atoms with van der Waals surface area (Å²) in [6.07, 6.45) is 4.41. The Morgan fingerprint density at radius 1 is 1.23 bits per heavy atom. The molecule has 112 valence electrons. The third-order valence-corrected chi connectivity index (χ3v) is 3.96. The molecule has 1 aliphatic heterocycles. The standard InChI is InChI=1S/C14H15N7O/c1-8-16-12-10(6-15-20(12)3)13(17-8)21-7-9-4-5-19(2)14(22)11(9)18-21/h6-7H,4-5H2,1-3H3. The predicted octanol–water partition coefficient (Wildman–Crippen LogP) is 0.486. The molecule has 0 fully saturated rings. The van der Waals surface area contributed by atoms with E-state index in [1.807, 2.05) is 20.2 Å². The summed E-state index contributed by atoms with van der Waals surface area (Å²) in [6, 6.07) is 0. The molecule has 3 aromatic rings. The summed E-state index contributed by atoms with van der Waals surface area (Å²) in [7, 11) is 3.63. The molecule has 22 heavy (non-hydrogen) atoms. The largest absolute Gasteiger partial charge is 0.340 e. The Bertz CT molecular complexity index is 907. The third-order valence-electron chi connectivity index (χ3n) is 3.96. The average Bonchev–Trinajstić information content (AvgIpc) is 3.08. The minimum absolute atomic E-state index is 0.0480. The van der Waals surface area contributed by atoms with Gasteiger partial charge in [0.1, 0.15) is 5.82 Å². The van der Waals surface area contributed by atoms with Crippen LogP contribution in [0.4, 0.5) is 0 Å². The van der Waals surface area contributed by atoms with Gasteiger partial charge >= 0.3 is 0 Å². The van der Waals surface area contributed by atoms with Crippen LogP contribution in [0.25, 0.3) is 16.9 Å². The minimum Gasteiger partial charge on any atom is -0.340 e. The number of aryl methyl sites for hydroxylation is 2. The van der Waals surface area contributed by atoms with Gasteiger partial charge in [-0.2, -0.15) is 10.2 Å². The lowest BCUT2D eigenvalue weighted by atomic mass is 10.1. The number of hydrogen-bond acceptors (Lipinski definition) is 5. The highest BCUT2D eigenvalue weighted by Gasteiger charge is 2.26. The summed E-state index contributed by atoms with van der Waals surface area (Å²) >= 11 is 0. The molecular weight excluding hydrogens is 282 g/mol. The van der Waals surface area contributed by atoms with Gasteiger partial charge in [0, 0.05) is 32.4 Å². The monoisotopic (exact) mass is 297 g/mol. The summed E-state index contributed by atoms with van der Waals surface area (Å²) < 4.78 is 3.37.